The lowest BCUT2D eigenvalue weighted by Crippen LogP contribution is -2.18. The molecule has 16 heavy (non-hydrogen) atoms. The van der Waals surface area contributed by atoms with Gasteiger partial charge in [0.15, 0.2) is 0 Å². The molecule has 0 unspecified atom stereocenters. The molecule has 0 aliphatic carbocycles. The van der Waals surface area contributed by atoms with Gasteiger partial charge in [-0.3, -0.25) is 4.79 Å². The van der Waals surface area contributed by atoms with Crippen LogP contribution in [-0.2, 0) is 9.53 Å². The van der Waals surface area contributed by atoms with Crippen molar-refractivity contribution in [1.82, 2.24) is 0 Å². The van der Waals surface area contributed by atoms with E-state index >= 15 is 0 Å². The van der Waals surface area contributed by atoms with Gasteiger partial charge in [-0.25, -0.2) is 13.6 Å². The summed E-state index contributed by atoms with van der Waals surface area (Å²) in [6.45, 7) is 1.49. The Morgan fingerprint density at radius 2 is 2.00 bits per heavy atom. The fourth-order valence-corrected chi connectivity index (χ4v) is 1.22. The SMILES string of the molecule is CCOC(=O)C(=O)c1cc(F)cc(F)c1Cl. The average Bonchev–Trinajstić information content (AvgIpc) is 2.22. The van der Waals surface area contributed by atoms with E-state index < -0.39 is 34.0 Å². The summed E-state index contributed by atoms with van der Waals surface area (Å²) in [5.74, 6) is -4.47. The first-order valence-corrected chi connectivity index (χ1v) is 4.71. The lowest BCUT2D eigenvalue weighted by atomic mass is 10.1. The highest BCUT2D eigenvalue weighted by molar-refractivity contribution is 6.45. The van der Waals surface area contributed by atoms with Crippen LogP contribution in [0.1, 0.15) is 17.3 Å². The van der Waals surface area contributed by atoms with Crippen LogP contribution in [0.5, 0.6) is 0 Å². The molecule has 1 aromatic carbocycles. The van der Waals surface area contributed by atoms with Gasteiger partial charge in [0.1, 0.15) is 11.6 Å². The van der Waals surface area contributed by atoms with Gasteiger partial charge in [-0.1, -0.05) is 11.6 Å². The van der Waals surface area contributed by atoms with Gasteiger partial charge in [-0.05, 0) is 13.0 Å². The summed E-state index contributed by atoms with van der Waals surface area (Å²) < 4.78 is 30.2. The van der Waals surface area contributed by atoms with Crippen molar-refractivity contribution < 1.29 is 23.1 Å². The zero-order valence-electron chi connectivity index (χ0n) is 8.22. The zero-order valence-corrected chi connectivity index (χ0v) is 8.98. The molecule has 0 aliphatic rings. The van der Waals surface area contributed by atoms with Crippen molar-refractivity contribution in [3.05, 3.63) is 34.4 Å². The van der Waals surface area contributed by atoms with E-state index in [-0.39, 0.29) is 6.61 Å². The van der Waals surface area contributed by atoms with Crippen molar-refractivity contribution in [1.29, 1.82) is 0 Å². The van der Waals surface area contributed by atoms with Crippen LogP contribution in [0.25, 0.3) is 0 Å². The Morgan fingerprint density at radius 1 is 1.38 bits per heavy atom. The van der Waals surface area contributed by atoms with E-state index in [0.717, 1.165) is 0 Å². The lowest BCUT2D eigenvalue weighted by Gasteiger charge is -2.04. The normalized spacial score (nSPS) is 10.0. The smallest absolute Gasteiger partial charge is 0.379 e. The Kier molecular flexibility index (Phi) is 3.95. The predicted octanol–water partition coefficient (Wildman–Crippen LogP) is 2.36. The number of ketones is 1. The first kappa shape index (κ1) is 12.6. The minimum atomic E-state index is -1.20. The van der Waals surface area contributed by atoms with Gasteiger partial charge in [0, 0.05) is 6.07 Å². The van der Waals surface area contributed by atoms with E-state index in [9.17, 15) is 18.4 Å². The molecule has 0 atom stereocenters. The first-order valence-electron chi connectivity index (χ1n) is 4.33. The van der Waals surface area contributed by atoms with Crippen LogP contribution >= 0.6 is 11.6 Å². The summed E-state index contributed by atoms with van der Waals surface area (Å²) in [5.41, 5.74) is -0.544. The van der Waals surface area contributed by atoms with Crippen LogP contribution in [0.2, 0.25) is 5.02 Å². The van der Waals surface area contributed by atoms with Gasteiger partial charge in [-0.15, -0.1) is 0 Å². The number of hydrogen-bond acceptors (Lipinski definition) is 3. The van der Waals surface area contributed by atoms with Gasteiger partial charge >= 0.3 is 5.97 Å². The number of esters is 1. The summed E-state index contributed by atoms with van der Waals surface area (Å²) in [6.07, 6.45) is 0. The zero-order chi connectivity index (χ0) is 12.3. The van der Waals surface area contributed by atoms with Crippen LogP contribution < -0.4 is 0 Å². The molecule has 0 aliphatic heterocycles. The fraction of sp³-hybridized carbons (Fsp3) is 0.200. The minimum absolute atomic E-state index is 0.0139. The molecule has 0 fully saturated rings. The van der Waals surface area contributed by atoms with Crippen molar-refractivity contribution in [3.8, 4) is 0 Å². The average molecular weight is 249 g/mol. The summed E-state index contributed by atoms with van der Waals surface area (Å²) in [7, 11) is 0. The summed E-state index contributed by atoms with van der Waals surface area (Å²) in [4.78, 5) is 22.4. The topological polar surface area (TPSA) is 43.4 Å². The Morgan fingerprint density at radius 3 is 2.56 bits per heavy atom. The maximum absolute atomic E-state index is 13.0. The number of Topliss-reactive ketones (excluding diaryl/α,β-unsaturated/α-hetero) is 1. The maximum atomic E-state index is 13.0. The van der Waals surface area contributed by atoms with Gasteiger partial charge in [0.25, 0.3) is 5.78 Å². The molecule has 0 N–H and O–H groups in total. The Balaban J connectivity index is 3.13. The highest BCUT2D eigenvalue weighted by Gasteiger charge is 2.23. The van der Waals surface area contributed by atoms with Gasteiger partial charge in [0.05, 0.1) is 17.2 Å². The second-order valence-corrected chi connectivity index (χ2v) is 3.18. The number of carbonyl (C=O) groups excluding carboxylic acids is 2. The monoisotopic (exact) mass is 248 g/mol. The molecular formula is C10H7ClF2O3. The second kappa shape index (κ2) is 5.03. The van der Waals surface area contributed by atoms with E-state index in [0.29, 0.717) is 12.1 Å². The van der Waals surface area contributed by atoms with Crippen LogP contribution in [0.4, 0.5) is 8.78 Å². The quantitative estimate of drug-likeness (QED) is 0.357. The van der Waals surface area contributed by atoms with Gasteiger partial charge in [-0.2, -0.15) is 0 Å². The van der Waals surface area contributed by atoms with Crippen molar-refractivity contribution >= 4 is 23.4 Å². The third kappa shape index (κ3) is 2.55. The molecule has 0 spiro atoms. The second-order valence-electron chi connectivity index (χ2n) is 2.80. The number of halogens is 3. The third-order valence-electron chi connectivity index (χ3n) is 1.70. The number of rotatable bonds is 3. The fourth-order valence-electron chi connectivity index (χ4n) is 1.03. The maximum Gasteiger partial charge on any atom is 0.379 e. The van der Waals surface area contributed by atoms with Gasteiger partial charge < -0.3 is 4.74 Å². The Hall–Kier alpha value is -1.49. The van der Waals surface area contributed by atoms with E-state index in [1.165, 1.54) is 6.92 Å². The van der Waals surface area contributed by atoms with E-state index in [1.54, 1.807) is 0 Å². The molecule has 3 nitrogen and oxygen atoms in total. The molecule has 86 valence electrons. The van der Waals surface area contributed by atoms with Crippen LogP contribution in [0.3, 0.4) is 0 Å². The molecule has 0 saturated carbocycles. The van der Waals surface area contributed by atoms with Crippen molar-refractivity contribution in [3.63, 3.8) is 0 Å². The van der Waals surface area contributed by atoms with Crippen LogP contribution in [0.15, 0.2) is 12.1 Å². The summed E-state index contributed by atoms with van der Waals surface area (Å²) in [5, 5.41) is -0.598. The lowest BCUT2D eigenvalue weighted by molar-refractivity contribution is -0.137. The summed E-state index contributed by atoms with van der Waals surface area (Å²) in [6, 6.07) is 1.20. The highest BCUT2D eigenvalue weighted by atomic mass is 35.5. The molecule has 6 heteroatoms. The number of carbonyl (C=O) groups is 2. The Bertz CT molecular complexity index is 446. The summed E-state index contributed by atoms with van der Waals surface area (Å²) >= 11 is 5.43. The molecule has 0 amide bonds. The van der Waals surface area contributed by atoms with Crippen LogP contribution in [-0.4, -0.2) is 18.4 Å². The molecular weight excluding hydrogens is 242 g/mol. The minimum Gasteiger partial charge on any atom is -0.460 e. The Labute approximate surface area is 95.0 Å². The highest BCUT2D eigenvalue weighted by Crippen LogP contribution is 2.22. The number of hydrogen-bond donors (Lipinski definition) is 0. The number of benzene rings is 1. The van der Waals surface area contributed by atoms with Crippen molar-refractivity contribution in [2.45, 2.75) is 6.92 Å². The molecule has 1 rings (SSSR count). The van der Waals surface area contributed by atoms with Crippen molar-refractivity contribution in [2.24, 2.45) is 0 Å². The molecule has 0 saturated heterocycles. The predicted molar refractivity (Wildman–Crippen MR) is 52.3 cm³/mol. The molecule has 1 aromatic rings. The third-order valence-corrected chi connectivity index (χ3v) is 2.08. The van der Waals surface area contributed by atoms with E-state index in [1.807, 2.05) is 0 Å². The largest absolute Gasteiger partial charge is 0.460 e. The van der Waals surface area contributed by atoms with Gasteiger partial charge in [0.2, 0.25) is 0 Å². The molecule has 0 bridgehead atoms. The standard InChI is InChI=1S/C10H7ClF2O3/c1-2-16-10(15)9(14)6-3-5(12)4-7(13)8(6)11/h3-4H,2H2,1H3. The number of ether oxygens (including phenoxy) is 1. The van der Waals surface area contributed by atoms with Crippen LogP contribution in [0, 0.1) is 11.6 Å². The van der Waals surface area contributed by atoms with E-state index in [2.05, 4.69) is 4.74 Å². The molecule has 0 radical (unpaired) electrons. The van der Waals surface area contributed by atoms with E-state index in [4.69, 9.17) is 11.6 Å². The molecule has 0 heterocycles. The molecule has 0 aromatic heterocycles. The first-order chi connectivity index (χ1) is 7.47. The van der Waals surface area contributed by atoms with Crippen molar-refractivity contribution in [2.75, 3.05) is 6.61 Å².